The van der Waals surface area contributed by atoms with Crippen molar-refractivity contribution in [3.8, 4) is 0 Å². The molecule has 0 aromatic carbocycles. The lowest BCUT2D eigenvalue weighted by molar-refractivity contribution is -0.113. The van der Waals surface area contributed by atoms with Crippen LogP contribution in [0.25, 0.3) is 0 Å². The lowest BCUT2D eigenvalue weighted by Crippen LogP contribution is -2.61. The minimum Gasteiger partial charge on any atom is -0.395 e. The highest BCUT2D eigenvalue weighted by Crippen LogP contribution is 2.12. The second-order valence-electron chi connectivity index (χ2n) is 2.95. The first-order valence-electron chi connectivity index (χ1n) is 3.94. The number of piperidine rings is 1. The van der Waals surface area contributed by atoms with Crippen molar-refractivity contribution in [3.63, 3.8) is 0 Å². The van der Waals surface area contributed by atoms with Gasteiger partial charge in [0.25, 0.3) is 0 Å². The molecule has 4 atom stereocenters. The van der Waals surface area contributed by atoms with E-state index in [4.69, 9.17) is 9.84 Å². The fraction of sp³-hybridized carbons (Fsp3) is 1.00. The zero-order chi connectivity index (χ0) is 9.14. The Labute approximate surface area is 71.0 Å². The number of rotatable bonds is 2. The van der Waals surface area contributed by atoms with Crippen LogP contribution < -0.4 is 5.32 Å². The van der Waals surface area contributed by atoms with E-state index in [2.05, 4.69) is 5.32 Å². The van der Waals surface area contributed by atoms with Gasteiger partial charge in [0.1, 0.15) is 6.10 Å². The van der Waals surface area contributed by atoms with Crippen molar-refractivity contribution in [1.82, 2.24) is 5.32 Å². The lowest BCUT2D eigenvalue weighted by atomic mass is 9.96. The lowest BCUT2D eigenvalue weighted by Gasteiger charge is -2.36. The van der Waals surface area contributed by atoms with Crippen LogP contribution in [0, 0.1) is 0 Å². The molecule has 5 heteroatoms. The second-order valence-corrected chi connectivity index (χ2v) is 2.95. The molecule has 5 nitrogen and oxygen atoms in total. The van der Waals surface area contributed by atoms with Crippen molar-refractivity contribution >= 4 is 0 Å². The fourth-order valence-corrected chi connectivity index (χ4v) is 1.36. The second kappa shape index (κ2) is 4.15. The van der Waals surface area contributed by atoms with Crippen molar-refractivity contribution in [2.75, 3.05) is 20.3 Å². The maximum atomic E-state index is 9.41. The van der Waals surface area contributed by atoms with E-state index < -0.39 is 24.4 Å². The Morgan fingerprint density at radius 3 is 2.58 bits per heavy atom. The molecule has 1 rings (SSSR count). The molecule has 1 aliphatic rings. The van der Waals surface area contributed by atoms with Crippen LogP contribution in [0.4, 0.5) is 0 Å². The molecule has 1 aliphatic heterocycles. The first kappa shape index (κ1) is 9.88. The van der Waals surface area contributed by atoms with Gasteiger partial charge in [-0.25, -0.2) is 0 Å². The molecule has 0 amide bonds. The highest BCUT2D eigenvalue weighted by molar-refractivity contribution is 4.92. The summed E-state index contributed by atoms with van der Waals surface area (Å²) in [6, 6.07) is -0.452. The number of aliphatic hydroxyl groups is 3. The Morgan fingerprint density at radius 2 is 2.08 bits per heavy atom. The Morgan fingerprint density at radius 1 is 1.42 bits per heavy atom. The van der Waals surface area contributed by atoms with Gasteiger partial charge in [-0.2, -0.15) is 0 Å². The third kappa shape index (κ3) is 1.75. The number of methoxy groups -OCH3 is 1. The molecule has 0 aliphatic carbocycles. The van der Waals surface area contributed by atoms with Gasteiger partial charge in [0.2, 0.25) is 0 Å². The van der Waals surface area contributed by atoms with E-state index in [1.165, 1.54) is 7.11 Å². The third-order valence-corrected chi connectivity index (χ3v) is 2.22. The summed E-state index contributed by atoms with van der Waals surface area (Å²) in [7, 11) is 1.47. The van der Waals surface area contributed by atoms with Gasteiger partial charge in [0.15, 0.2) is 0 Å². The maximum absolute atomic E-state index is 9.41. The molecule has 4 N–H and O–H groups in total. The summed E-state index contributed by atoms with van der Waals surface area (Å²) in [6.07, 6.45) is -2.29. The van der Waals surface area contributed by atoms with E-state index in [1.807, 2.05) is 0 Å². The van der Waals surface area contributed by atoms with E-state index in [-0.39, 0.29) is 6.61 Å². The van der Waals surface area contributed by atoms with Crippen LogP contribution in [0.3, 0.4) is 0 Å². The molecule has 0 bridgehead atoms. The number of hydrogen-bond donors (Lipinski definition) is 4. The Bertz CT molecular complexity index is 127. The van der Waals surface area contributed by atoms with Gasteiger partial charge < -0.3 is 25.4 Å². The molecule has 0 saturated carbocycles. The quantitative estimate of drug-likeness (QED) is 0.381. The van der Waals surface area contributed by atoms with Crippen molar-refractivity contribution in [1.29, 1.82) is 0 Å². The molecule has 1 saturated heterocycles. The average molecular weight is 177 g/mol. The van der Waals surface area contributed by atoms with Gasteiger partial charge >= 0.3 is 0 Å². The van der Waals surface area contributed by atoms with E-state index in [0.717, 1.165) is 0 Å². The van der Waals surface area contributed by atoms with Crippen molar-refractivity contribution in [3.05, 3.63) is 0 Å². The van der Waals surface area contributed by atoms with Crippen LogP contribution >= 0.6 is 0 Å². The van der Waals surface area contributed by atoms with Crippen LogP contribution in [0.1, 0.15) is 0 Å². The topological polar surface area (TPSA) is 82.0 Å². The molecule has 0 aromatic rings. The van der Waals surface area contributed by atoms with Crippen LogP contribution in [0.2, 0.25) is 0 Å². The van der Waals surface area contributed by atoms with E-state index in [9.17, 15) is 10.2 Å². The average Bonchev–Trinajstić information content (AvgIpc) is 2.10. The Kier molecular flexibility index (Phi) is 3.42. The normalized spacial score (nSPS) is 43.0. The number of nitrogens with one attached hydrogen (secondary N) is 1. The van der Waals surface area contributed by atoms with Gasteiger partial charge in [-0.05, 0) is 0 Å². The standard InChI is InChI=1S/C7H15NO4/c1-12-5-2-8-4(3-9)6(10)7(5)11/h4-11H,2-3H2,1H3/t4-,5-,6-,7-/m0/s1. The number of aliphatic hydroxyl groups excluding tert-OH is 3. The van der Waals surface area contributed by atoms with Gasteiger partial charge in [-0.3, -0.25) is 0 Å². The van der Waals surface area contributed by atoms with Crippen LogP contribution in [0.5, 0.6) is 0 Å². The van der Waals surface area contributed by atoms with Crippen LogP contribution in [-0.2, 0) is 4.74 Å². The Hall–Kier alpha value is -0.200. The highest BCUT2D eigenvalue weighted by Gasteiger charge is 2.36. The van der Waals surface area contributed by atoms with Crippen molar-refractivity contribution < 1.29 is 20.1 Å². The summed E-state index contributed by atoms with van der Waals surface area (Å²) >= 11 is 0. The van der Waals surface area contributed by atoms with Crippen molar-refractivity contribution in [2.45, 2.75) is 24.4 Å². The van der Waals surface area contributed by atoms with Gasteiger partial charge in [-0.1, -0.05) is 0 Å². The predicted molar refractivity (Wildman–Crippen MR) is 41.7 cm³/mol. The summed E-state index contributed by atoms with van der Waals surface area (Å²) in [5.74, 6) is 0. The molecule has 0 aromatic heterocycles. The minimum absolute atomic E-state index is 0.186. The molecular weight excluding hydrogens is 162 g/mol. The molecule has 72 valence electrons. The van der Waals surface area contributed by atoms with Crippen LogP contribution in [0.15, 0.2) is 0 Å². The fourth-order valence-electron chi connectivity index (χ4n) is 1.36. The molecule has 12 heavy (non-hydrogen) atoms. The first-order chi connectivity index (χ1) is 5.70. The largest absolute Gasteiger partial charge is 0.395 e. The predicted octanol–water partition coefficient (Wildman–Crippen LogP) is -2.31. The highest BCUT2D eigenvalue weighted by atomic mass is 16.5. The van der Waals surface area contributed by atoms with E-state index in [1.54, 1.807) is 0 Å². The number of hydrogen-bond acceptors (Lipinski definition) is 5. The number of ether oxygens (including phenoxy) is 1. The van der Waals surface area contributed by atoms with Gasteiger partial charge in [0, 0.05) is 13.7 Å². The summed E-state index contributed by atoms with van der Waals surface area (Å²) in [5.41, 5.74) is 0. The summed E-state index contributed by atoms with van der Waals surface area (Å²) in [4.78, 5) is 0. The summed E-state index contributed by atoms with van der Waals surface area (Å²) in [6.45, 7) is 0.259. The molecule has 0 radical (unpaired) electrons. The van der Waals surface area contributed by atoms with Crippen molar-refractivity contribution in [2.24, 2.45) is 0 Å². The summed E-state index contributed by atoms with van der Waals surface area (Å²) in [5, 5.41) is 30.4. The van der Waals surface area contributed by atoms with E-state index in [0.29, 0.717) is 6.54 Å². The first-order valence-corrected chi connectivity index (χ1v) is 3.94. The molecule has 1 heterocycles. The molecule has 1 fully saturated rings. The zero-order valence-electron chi connectivity index (χ0n) is 6.97. The monoisotopic (exact) mass is 177 g/mol. The Balaban J connectivity index is 2.52. The SMILES string of the molecule is CO[C@H]1CN[C@@H](CO)[C@H](O)[C@H]1O. The van der Waals surface area contributed by atoms with Gasteiger partial charge in [-0.15, -0.1) is 0 Å². The van der Waals surface area contributed by atoms with E-state index >= 15 is 0 Å². The minimum atomic E-state index is -0.964. The maximum Gasteiger partial charge on any atom is 0.109 e. The zero-order valence-corrected chi connectivity index (χ0v) is 6.97. The van der Waals surface area contributed by atoms with Crippen LogP contribution in [-0.4, -0.2) is 59.9 Å². The summed E-state index contributed by atoms with van der Waals surface area (Å²) < 4.78 is 4.91. The van der Waals surface area contributed by atoms with Gasteiger partial charge in [0.05, 0.1) is 24.9 Å². The smallest absolute Gasteiger partial charge is 0.109 e. The third-order valence-electron chi connectivity index (χ3n) is 2.22. The molecule has 0 spiro atoms. The molecular formula is C7H15NO4. The molecule has 0 unspecified atom stereocenters.